The number of anilines is 2. The van der Waals surface area contributed by atoms with Gasteiger partial charge in [0, 0.05) is 51.3 Å². The second-order valence-electron chi connectivity index (χ2n) is 11.1. The van der Waals surface area contributed by atoms with Crippen LogP contribution in [-0.4, -0.2) is 89.1 Å². The molecule has 5 atom stereocenters. The summed E-state index contributed by atoms with van der Waals surface area (Å²) in [4.78, 5) is 14.1. The molecule has 6 rings (SSSR count). The van der Waals surface area contributed by atoms with Gasteiger partial charge in [-0.05, 0) is 51.1 Å². The molecule has 1 aromatic heterocycles. The maximum absolute atomic E-state index is 11.0. The third kappa shape index (κ3) is 5.30. The number of piperidine rings is 1. The second kappa shape index (κ2) is 10.5. The van der Waals surface area contributed by atoms with Crippen molar-refractivity contribution in [2.24, 2.45) is 0 Å². The standard InChI is InChI=1S/C26H41N5O4/c32-22-20(33-24-23(22)34-26(35-24)11-4-3-5-12-26)18-30-14-8-9-19(17-30)28-25-27-13-10-21(29-25)31-15-6-1-2-7-16-31/h10,13,19-20,22-24,32H,1-9,11-12,14-18H2,(H,27,28,29)/t19?,20-,22+,23-,24-/m1/s1. The number of ether oxygens (including phenoxy) is 3. The van der Waals surface area contributed by atoms with Crippen molar-refractivity contribution >= 4 is 11.8 Å². The van der Waals surface area contributed by atoms with Gasteiger partial charge in [0.2, 0.25) is 5.95 Å². The van der Waals surface area contributed by atoms with Gasteiger partial charge in [-0.1, -0.05) is 19.3 Å². The van der Waals surface area contributed by atoms with E-state index in [9.17, 15) is 5.11 Å². The van der Waals surface area contributed by atoms with Crippen molar-refractivity contribution in [3.63, 3.8) is 0 Å². The smallest absolute Gasteiger partial charge is 0.224 e. The molecule has 5 heterocycles. The van der Waals surface area contributed by atoms with Crippen molar-refractivity contribution in [3.8, 4) is 0 Å². The van der Waals surface area contributed by atoms with Crippen molar-refractivity contribution in [1.82, 2.24) is 14.9 Å². The summed E-state index contributed by atoms with van der Waals surface area (Å²) in [5.41, 5.74) is 0. The Morgan fingerprint density at radius 2 is 1.80 bits per heavy atom. The summed E-state index contributed by atoms with van der Waals surface area (Å²) in [6.45, 7) is 4.72. The lowest BCUT2D eigenvalue weighted by atomic mass is 9.94. The number of hydrogen-bond acceptors (Lipinski definition) is 9. The number of aromatic nitrogens is 2. The first-order valence-corrected chi connectivity index (χ1v) is 13.9. The predicted octanol–water partition coefficient (Wildman–Crippen LogP) is 2.89. The molecular weight excluding hydrogens is 446 g/mol. The molecule has 9 heteroatoms. The van der Waals surface area contributed by atoms with Gasteiger partial charge in [-0.25, -0.2) is 4.98 Å². The summed E-state index contributed by atoms with van der Waals surface area (Å²) >= 11 is 0. The first-order valence-electron chi connectivity index (χ1n) is 13.9. The molecule has 0 amide bonds. The minimum absolute atomic E-state index is 0.277. The summed E-state index contributed by atoms with van der Waals surface area (Å²) in [5.74, 6) is 1.22. The summed E-state index contributed by atoms with van der Waals surface area (Å²) in [5, 5.41) is 14.6. The number of likely N-dealkylation sites (tertiary alicyclic amines) is 1. The van der Waals surface area contributed by atoms with Crippen molar-refractivity contribution in [1.29, 1.82) is 0 Å². The van der Waals surface area contributed by atoms with E-state index >= 15 is 0 Å². The van der Waals surface area contributed by atoms with Crippen LogP contribution in [0.2, 0.25) is 0 Å². The Morgan fingerprint density at radius 1 is 1.00 bits per heavy atom. The molecule has 0 aromatic carbocycles. The number of nitrogens with one attached hydrogen (secondary N) is 1. The van der Waals surface area contributed by atoms with Gasteiger partial charge in [0.05, 0.1) is 0 Å². The normalized spacial score (nSPS) is 35.7. The lowest BCUT2D eigenvalue weighted by Crippen LogP contribution is -2.48. The van der Waals surface area contributed by atoms with Crippen LogP contribution in [0.3, 0.4) is 0 Å². The van der Waals surface area contributed by atoms with Gasteiger partial charge < -0.3 is 29.5 Å². The third-order valence-corrected chi connectivity index (χ3v) is 8.44. The molecule has 1 saturated carbocycles. The topological polar surface area (TPSA) is 92.2 Å². The van der Waals surface area contributed by atoms with E-state index < -0.39 is 18.2 Å². The fourth-order valence-corrected chi connectivity index (χ4v) is 6.56. The van der Waals surface area contributed by atoms with Gasteiger partial charge in [0.15, 0.2) is 12.1 Å². The fraction of sp³-hybridized carbons (Fsp3) is 0.846. The molecule has 1 spiro atoms. The highest BCUT2D eigenvalue weighted by Gasteiger charge is 2.57. The van der Waals surface area contributed by atoms with Gasteiger partial charge >= 0.3 is 0 Å². The summed E-state index contributed by atoms with van der Waals surface area (Å²) in [7, 11) is 0. The number of fused-ring (bicyclic) bond motifs is 1. The molecule has 5 aliphatic rings. The van der Waals surface area contributed by atoms with Crippen LogP contribution in [0.4, 0.5) is 11.8 Å². The van der Waals surface area contributed by atoms with Crippen molar-refractivity contribution in [2.75, 3.05) is 42.9 Å². The lowest BCUT2D eigenvalue weighted by Gasteiger charge is -2.36. The zero-order valence-corrected chi connectivity index (χ0v) is 20.8. The highest BCUT2D eigenvalue weighted by molar-refractivity contribution is 5.43. The largest absolute Gasteiger partial charge is 0.387 e. The van der Waals surface area contributed by atoms with E-state index in [0.29, 0.717) is 12.5 Å². The number of aliphatic hydroxyl groups excluding tert-OH is 1. The van der Waals surface area contributed by atoms with Crippen LogP contribution in [0.25, 0.3) is 0 Å². The molecule has 1 unspecified atom stereocenters. The number of aliphatic hydroxyl groups is 1. The Kier molecular flexibility index (Phi) is 7.13. The fourth-order valence-electron chi connectivity index (χ4n) is 6.56. The van der Waals surface area contributed by atoms with Crippen LogP contribution < -0.4 is 10.2 Å². The minimum Gasteiger partial charge on any atom is -0.387 e. The third-order valence-electron chi connectivity index (χ3n) is 8.44. The first kappa shape index (κ1) is 23.9. The zero-order chi connectivity index (χ0) is 23.7. The second-order valence-corrected chi connectivity index (χ2v) is 11.1. The van der Waals surface area contributed by atoms with Crippen molar-refractivity contribution in [2.45, 2.75) is 107 Å². The molecular formula is C26H41N5O4. The Balaban J connectivity index is 1.02. The molecule has 35 heavy (non-hydrogen) atoms. The van der Waals surface area contributed by atoms with E-state index in [1.807, 2.05) is 12.3 Å². The van der Waals surface area contributed by atoms with Crippen LogP contribution in [0, 0.1) is 0 Å². The SMILES string of the molecule is O[C@@H]1[C@H]2OC3(CCCCC3)O[C@H]2O[C@@H]1CN1CCCC(Nc2nccc(N3CCCCCC3)n2)C1. The van der Waals surface area contributed by atoms with E-state index in [-0.39, 0.29) is 18.2 Å². The van der Waals surface area contributed by atoms with Gasteiger partial charge in [0.1, 0.15) is 24.1 Å². The number of nitrogens with zero attached hydrogens (tertiary/aromatic N) is 4. The lowest BCUT2D eigenvalue weighted by molar-refractivity contribution is -0.246. The van der Waals surface area contributed by atoms with Crippen LogP contribution in [0.15, 0.2) is 12.3 Å². The Labute approximate surface area is 208 Å². The number of rotatable bonds is 5. The summed E-state index contributed by atoms with van der Waals surface area (Å²) < 4.78 is 18.7. The molecule has 9 nitrogen and oxygen atoms in total. The molecule has 4 saturated heterocycles. The van der Waals surface area contributed by atoms with E-state index in [0.717, 1.165) is 70.5 Å². The quantitative estimate of drug-likeness (QED) is 0.650. The summed E-state index contributed by atoms with van der Waals surface area (Å²) in [6.07, 6.45) is 12.7. The van der Waals surface area contributed by atoms with Crippen LogP contribution >= 0.6 is 0 Å². The van der Waals surface area contributed by atoms with Crippen molar-refractivity contribution < 1.29 is 19.3 Å². The Morgan fingerprint density at radius 3 is 2.60 bits per heavy atom. The molecule has 0 radical (unpaired) electrons. The average Bonchev–Trinajstić information content (AvgIpc) is 3.19. The predicted molar refractivity (Wildman–Crippen MR) is 132 cm³/mol. The Hall–Kier alpha value is -1.52. The zero-order valence-electron chi connectivity index (χ0n) is 20.8. The first-order chi connectivity index (χ1) is 17.2. The molecule has 0 bridgehead atoms. The molecule has 194 valence electrons. The molecule has 4 aliphatic heterocycles. The monoisotopic (exact) mass is 487 g/mol. The minimum atomic E-state index is -0.650. The van der Waals surface area contributed by atoms with Crippen LogP contribution in [0.1, 0.15) is 70.6 Å². The van der Waals surface area contributed by atoms with Crippen LogP contribution in [-0.2, 0) is 14.2 Å². The van der Waals surface area contributed by atoms with E-state index in [1.165, 1.54) is 32.1 Å². The van der Waals surface area contributed by atoms with E-state index in [1.54, 1.807) is 0 Å². The highest BCUT2D eigenvalue weighted by atomic mass is 16.8. The van der Waals surface area contributed by atoms with Gasteiger partial charge in [-0.15, -0.1) is 0 Å². The highest BCUT2D eigenvalue weighted by Crippen LogP contribution is 2.45. The molecule has 5 fully saturated rings. The van der Waals surface area contributed by atoms with Gasteiger partial charge in [-0.2, -0.15) is 4.98 Å². The molecule has 1 aliphatic carbocycles. The van der Waals surface area contributed by atoms with Gasteiger partial charge in [-0.3, -0.25) is 4.90 Å². The maximum Gasteiger partial charge on any atom is 0.224 e. The summed E-state index contributed by atoms with van der Waals surface area (Å²) in [6, 6.07) is 2.31. The maximum atomic E-state index is 11.0. The van der Waals surface area contributed by atoms with E-state index in [4.69, 9.17) is 19.2 Å². The van der Waals surface area contributed by atoms with Crippen molar-refractivity contribution in [3.05, 3.63) is 12.3 Å². The molecule has 2 N–H and O–H groups in total. The average molecular weight is 488 g/mol. The number of hydrogen-bond donors (Lipinski definition) is 2. The van der Waals surface area contributed by atoms with Crippen LogP contribution in [0.5, 0.6) is 0 Å². The molecule has 1 aromatic rings. The van der Waals surface area contributed by atoms with Gasteiger partial charge in [0.25, 0.3) is 0 Å². The Bertz CT molecular complexity index is 845. The van der Waals surface area contributed by atoms with E-state index in [2.05, 4.69) is 20.1 Å².